The summed E-state index contributed by atoms with van der Waals surface area (Å²) in [6, 6.07) is 0. The van der Waals surface area contributed by atoms with Crippen molar-refractivity contribution in [2.75, 3.05) is 33.7 Å². The zero-order chi connectivity index (χ0) is 17.7. The van der Waals surface area contributed by atoms with Crippen LogP contribution in [0.1, 0.15) is 51.4 Å². The molecule has 6 bridgehead atoms. The van der Waals surface area contributed by atoms with Crippen molar-refractivity contribution >= 4 is 5.91 Å². The van der Waals surface area contributed by atoms with E-state index in [2.05, 4.69) is 23.9 Å². The first-order valence-electron chi connectivity index (χ1n) is 11.1. The second-order valence-corrected chi connectivity index (χ2v) is 11.2. The fraction of sp³-hybridized carbons (Fsp3) is 0.955. The minimum absolute atomic E-state index is 0.00327. The van der Waals surface area contributed by atoms with E-state index in [9.17, 15) is 4.79 Å². The number of hydrogen-bond donors (Lipinski definition) is 0. The Morgan fingerprint density at radius 2 is 1.77 bits per heavy atom. The van der Waals surface area contributed by atoms with Crippen LogP contribution in [0.3, 0.4) is 0 Å². The van der Waals surface area contributed by atoms with Crippen molar-refractivity contribution in [1.29, 1.82) is 0 Å². The average Bonchev–Trinajstić information content (AvgIpc) is 3.22. The lowest BCUT2D eigenvalue weighted by atomic mass is 9.49. The monoisotopic (exact) mass is 358 g/mol. The molecule has 0 aromatic carbocycles. The average molecular weight is 359 g/mol. The van der Waals surface area contributed by atoms with Crippen molar-refractivity contribution in [1.82, 2.24) is 9.80 Å². The lowest BCUT2D eigenvalue weighted by Crippen LogP contribution is -2.54. The van der Waals surface area contributed by atoms with Gasteiger partial charge in [0.1, 0.15) is 0 Å². The Kier molecular flexibility index (Phi) is 3.31. The van der Waals surface area contributed by atoms with E-state index in [0.29, 0.717) is 23.8 Å². The summed E-state index contributed by atoms with van der Waals surface area (Å²) in [6.45, 7) is 2.96. The summed E-state index contributed by atoms with van der Waals surface area (Å²) in [4.78, 5) is 18.4. The maximum Gasteiger partial charge on any atom is 0.228 e. The lowest BCUT2D eigenvalue weighted by Gasteiger charge is -2.56. The van der Waals surface area contributed by atoms with Gasteiger partial charge in [-0.05, 0) is 83.2 Å². The Labute approximate surface area is 157 Å². The van der Waals surface area contributed by atoms with Crippen LogP contribution < -0.4 is 0 Å². The van der Waals surface area contributed by atoms with Crippen molar-refractivity contribution in [3.63, 3.8) is 0 Å². The molecule has 1 spiro atoms. The molecule has 26 heavy (non-hydrogen) atoms. The highest BCUT2D eigenvalue weighted by Gasteiger charge is 2.65. The maximum atomic E-state index is 13.8. The minimum atomic E-state index is 0.00327. The maximum absolute atomic E-state index is 13.8. The Morgan fingerprint density at radius 1 is 1.12 bits per heavy atom. The number of fused-ring (bicyclic) bond motifs is 1. The first-order valence-corrected chi connectivity index (χ1v) is 11.1. The zero-order valence-corrected chi connectivity index (χ0v) is 16.5. The minimum Gasteiger partial charge on any atom is -0.369 e. The predicted octanol–water partition coefficient (Wildman–Crippen LogP) is 2.77. The molecule has 7 rings (SSSR count). The van der Waals surface area contributed by atoms with E-state index in [4.69, 9.17) is 4.74 Å². The van der Waals surface area contributed by atoms with Crippen molar-refractivity contribution in [2.24, 2.45) is 35.0 Å². The number of hydrogen-bond acceptors (Lipinski definition) is 3. The van der Waals surface area contributed by atoms with E-state index in [1.807, 2.05) is 0 Å². The largest absolute Gasteiger partial charge is 0.369 e. The molecule has 4 aliphatic carbocycles. The van der Waals surface area contributed by atoms with Gasteiger partial charge in [0.15, 0.2) is 0 Å². The Hall–Kier alpha value is -0.610. The normalized spacial score (nSPS) is 53.7. The van der Waals surface area contributed by atoms with Gasteiger partial charge in [0.05, 0.1) is 23.7 Å². The van der Waals surface area contributed by atoms with Gasteiger partial charge in [0.2, 0.25) is 5.91 Å². The van der Waals surface area contributed by atoms with Gasteiger partial charge in [0.25, 0.3) is 0 Å². The van der Waals surface area contributed by atoms with Crippen molar-refractivity contribution < 1.29 is 9.53 Å². The summed E-state index contributed by atoms with van der Waals surface area (Å²) in [7, 11) is 4.35. The Bertz CT molecular complexity index is 596. The highest BCUT2D eigenvalue weighted by molar-refractivity contribution is 5.84. The van der Waals surface area contributed by atoms with Crippen LogP contribution in [-0.2, 0) is 9.53 Å². The third-order valence-corrected chi connectivity index (χ3v) is 9.14. The summed E-state index contributed by atoms with van der Waals surface area (Å²) in [5.74, 6) is 4.25. The molecule has 0 radical (unpaired) electrons. The van der Waals surface area contributed by atoms with E-state index in [1.165, 1.54) is 51.4 Å². The third kappa shape index (κ3) is 2.12. The fourth-order valence-electron chi connectivity index (χ4n) is 8.72. The third-order valence-electron chi connectivity index (χ3n) is 9.14. The van der Waals surface area contributed by atoms with Gasteiger partial charge in [-0.25, -0.2) is 0 Å². The van der Waals surface area contributed by atoms with E-state index in [1.54, 1.807) is 0 Å². The molecule has 7 aliphatic rings. The van der Waals surface area contributed by atoms with Crippen LogP contribution in [0.5, 0.6) is 0 Å². The topological polar surface area (TPSA) is 32.8 Å². The number of carbonyl (C=O) groups is 1. The zero-order valence-electron chi connectivity index (χ0n) is 16.5. The molecule has 4 heteroatoms. The first-order chi connectivity index (χ1) is 12.5. The van der Waals surface area contributed by atoms with Gasteiger partial charge >= 0.3 is 0 Å². The standard InChI is InChI=1S/C22H34N2O2/c1-23(2)11-17-18-12-24(13-22(18)4-3-19(17)26-22)20(25)21-8-14-5-15(9-21)7-16(6-14)10-21/h14-19H,3-13H2,1-2H3/t14?,15?,16?,17-,18+,19+,21?,22+/m0/s1. The highest BCUT2D eigenvalue weighted by Crippen LogP contribution is 2.62. The van der Waals surface area contributed by atoms with Crippen molar-refractivity contribution in [2.45, 2.75) is 63.1 Å². The Balaban J connectivity index is 1.25. The second-order valence-electron chi connectivity index (χ2n) is 11.2. The van der Waals surface area contributed by atoms with E-state index in [-0.39, 0.29) is 11.0 Å². The molecule has 7 fully saturated rings. The quantitative estimate of drug-likeness (QED) is 0.778. The van der Waals surface area contributed by atoms with Crippen LogP contribution in [0.25, 0.3) is 0 Å². The molecule has 0 N–H and O–H groups in total. The molecule has 3 saturated heterocycles. The van der Waals surface area contributed by atoms with Gasteiger partial charge in [-0.15, -0.1) is 0 Å². The van der Waals surface area contributed by atoms with Crippen molar-refractivity contribution in [3.05, 3.63) is 0 Å². The predicted molar refractivity (Wildman–Crippen MR) is 99.6 cm³/mol. The molecule has 0 aromatic heterocycles. The molecule has 1 amide bonds. The molecule has 4 nitrogen and oxygen atoms in total. The van der Waals surface area contributed by atoms with Crippen LogP contribution in [0.4, 0.5) is 0 Å². The summed E-state index contributed by atoms with van der Waals surface area (Å²) in [5, 5.41) is 0. The Morgan fingerprint density at radius 3 is 2.38 bits per heavy atom. The molecular formula is C22H34N2O2. The van der Waals surface area contributed by atoms with Crippen LogP contribution in [0, 0.1) is 35.0 Å². The molecular weight excluding hydrogens is 324 g/mol. The fourth-order valence-corrected chi connectivity index (χ4v) is 8.72. The summed E-state index contributed by atoms with van der Waals surface area (Å²) >= 11 is 0. The summed E-state index contributed by atoms with van der Waals surface area (Å²) in [6.07, 6.45) is 10.6. The molecule has 144 valence electrons. The van der Waals surface area contributed by atoms with E-state index in [0.717, 1.165) is 37.4 Å². The van der Waals surface area contributed by atoms with E-state index >= 15 is 0 Å². The molecule has 3 aliphatic heterocycles. The molecule has 3 heterocycles. The van der Waals surface area contributed by atoms with Crippen molar-refractivity contribution in [3.8, 4) is 0 Å². The van der Waals surface area contributed by atoms with Gasteiger partial charge in [-0.3, -0.25) is 4.79 Å². The van der Waals surface area contributed by atoms with Gasteiger partial charge in [0, 0.05) is 24.9 Å². The molecule has 0 aromatic rings. The van der Waals surface area contributed by atoms with Crippen LogP contribution in [-0.4, -0.2) is 61.1 Å². The number of carbonyl (C=O) groups excluding carboxylic acids is 1. The van der Waals surface area contributed by atoms with Crippen LogP contribution >= 0.6 is 0 Å². The van der Waals surface area contributed by atoms with E-state index < -0.39 is 0 Å². The number of likely N-dealkylation sites (tertiary alicyclic amines) is 1. The number of rotatable bonds is 3. The first kappa shape index (κ1) is 16.4. The lowest BCUT2D eigenvalue weighted by molar-refractivity contribution is -0.158. The second kappa shape index (κ2) is 5.26. The summed E-state index contributed by atoms with van der Waals surface area (Å²) in [5.41, 5.74) is 0.0162. The van der Waals surface area contributed by atoms with Gasteiger partial charge in [-0.1, -0.05) is 0 Å². The smallest absolute Gasteiger partial charge is 0.228 e. The SMILES string of the molecule is CN(C)C[C@H]1[C@H]2CN(C(=O)C34CC5CC(CC(C5)C3)C4)C[C@]23CC[C@H]1O3. The van der Waals surface area contributed by atoms with Crippen LogP contribution in [0.15, 0.2) is 0 Å². The van der Waals surface area contributed by atoms with Gasteiger partial charge < -0.3 is 14.5 Å². The van der Waals surface area contributed by atoms with Crippen LogP contribution in [0.2, 0.25) is 0 Å². The molecule has 4 saturated carbocycles. The summed E-state index contributed by atoms with van der Waals surface area (Å²) < 4.78 is 6.58. The highest BCUT2D eigenvalue weighted by atomic mass is 16.5. The number of ether oxygens (including phenoxy) is 1. The number of nitrogens with zero attached hydrogens (tertiary/aromatic N) is 2. The van der Waals surface area contributed by atoms with Gasteiger partial charge in [-0.2, -0.15) is 0 Å². The molecule has 4 atom stereocenters. The number of amides is 1. The molecule has 0 unspecified atom stereocenters.